The van der Waals surface area contributed by atoms with Crippen LogP contribution in [0.2, 0.25) is 0 Å². The minimum Gasteiger partial charge on any atom is -0.255 e. The van der Waals surface area contributed by atoms with Crippen molar-refractivity contribution in [3.63, 3.8) is 0 Å². The second-order valence-electron chi connectivity index (χ2n) is 15.7. The molecule has 3 aromatic heterocycles. The molecule has 0 saturated heterocycles. The summed E-state index contributed by atoms with van der Waals surface area (Å²) in [6, 6.07) is 63.6. The number of rotatable bonds is 6. The first-order valence-electron chi connectivity index (χ1n) is 20.0. The Balaban J connectivity index is 1.05. The first-order valence-corrected chi connectivity index (χ1v) is 20.0. The van der Waals surface area contributed by atoms with Crippen LogP contribution in [0.4, 0.5) is 0 Å². The Bertz CT molecular complexity index is 3230. The summed E-state index contributed by atoms with van der Waals surface area (Å²) in [7, 11) is 0. The van der Waals surface area contributed by atoms with Crippen molar-refractivity contribution >= 4 is 21.7 Å². The molecule has 0 amide bonds. The van der Waals surface area contributed by atoms with Gasteiger partial charge in [-0.15, -0.1) is 0 Å². The Morgan fingerprint density at radius 2 is 1.03 bits per heavy atom. The second kappa shape index (κ2) is 13.8. The second-order valence-corrected chi connectivity index (χ2v) is 15.7. The smallest absolute Gasteiger partial charge is 0.160 e. The summed E-state index contributed by atoms with van der Waals surface area (Å²) in [4.78, 5) is 25.5. The molecule has 59 heavy (non-hydrogen) atoms. The van der Waals surface area contributed by atoms with Gasteiger partial charge in [0.25, 0.3) is 0 Å². The molecular formula is C54H37N5. The molecule has 0 N–H and O–H groups in total. The summed E-state index contributed by atoms with van der Waals surface area (Å²) < 4.78 is 0. The highest BCUT2D eigenvalue weighted by Crippen LogP contribution is 2.49. The fourth-order valence-corrected chi connectivity index (χ4v) is 8.70. The van der Waals surface area contributed by atoms with E-state index in [2.05, 4.69) is 153 Å². The third kappa shape index (κ3) is 5.98. The number of hydrogen-bond acceptors (Lipinski definition) is 5. The van der Waals surface area contributed by atoms with Gasteiger partial charge in [-0.3, -0.25) is 4.98 Å². The number of pyridine rings is 1. The van der Waals surface area contributed by atoms with Crippen LogP contribution in [0.1, 0.15) is 25.0 Å². The van der Waals surface area contributed by atoms with Crippen molar-refractivity contribution in [2.45, 2.75) is 19.3 Å². The fraction of sp³-hybridized carbons (Fsp3) is 0.0556. The fourth-order valence-electron chi connectivity index (χ4n) is 8.70. The standard InChI is InChI=1S/C54H37N5/c1-54(2)45-21-10-9-20-41(45)42-27-26-39(32-46(42)54)48-33-49(47-22-11-12-29-55-47)57-53(56-48)40-19-13-18-37(30-40)38-24-23-34-25-28-43-50(35-14-5-3-6-15-35)58-52(36-16-7-4-8-17-36)59-51(43)44(34)31-38/h3-33H,1-2H3. The topological polar surface area (TPSA) is 64.5 Å². The molecule has 0 spiro atoms. The van der Waals surface area contributed by atoms with Crippen LogP contribution in [-0.2, 0) is 5.41 Å². The van der Waals surface area contributed by atoms with Gasteiger partial charge >= 0.3 is 0 Å². The van der Waals surface area contributed by atoms with Crippen molar-refractivity contribution in [1.82, 2.24) is 24.9 Å². The number of benzene rings is 7. The molecule has 10 aromatic rings. The van der Waals surface area contributed by atoms with E-state index in [1.165, 1.54) is 22.3 Å². The Morgan fingerprint density at radius 3 is 1.86 bits per heavy atom. The van der Waals surface area contributed by atoms with Crippen molar-refractivity contribution in [2.24, 2.45) is 0 Å². The van der Waals surface area contributed by atoms with Gasteiger partial charge in [0.05, 0.1) is 28.3 Å². The van der Waals surface area contributed by atoms with Gasteiger partial charge in [0.1, 0.15) is 0 Å². The molecule has 1 aliphatic carbocycles. The molecule has 7 aromatic carbocycles. The van der Waals surface area contributed by atoms with Gasteiger partial charge in [-0.25, -0.2) is 19.9 Å². The maximum absolute atomic E-state index is 5.27. The van der Waals surface area contributed by atoms with Crippen molar-refractivity contribution in [2.75, 3.05) is 0 Å². The summed E-state index contributed by atoms with van der Waals surface area (Å²) in [5, 5.41) is 3.20. The van der Waals surface area contributed by atoms with Crippen LogP contribution >= 0.6 is 0 Å². The van der Waals surface area contributed by atoms with Crippen molar-refractivity contribution < 1.29 is 0 Å². The summed E-state index contributed by atoms with van der Waals surface area (Å²) in [6.07, 6.45) is 1.81. The van der Waals surface area contributed by atoms with Crippen LogP contribution in [0.25, 0.3) is 101 Å². The van der Waals surface area contributed by atoms with Crippen LogP contribution in [0.15, 0.2) is 188 Å². The highest BCUT2D eigenvalue weighted by Gasteiger charge is 2.35. The third-order valence-corrected chi connectivity index (χ3v) is 11.7. The molecule has 11 rings (SSSR count). The zero-order chi connectivity index (χ0) is 39.5. The van der Waals surface area contributed by atoms with Crippen molar-refractivity contribution in [1.29, 1.82) is 0 Å². The van der Waals surface area contributed by atoms with E-state index in [1.807, 2.05) is 48.7 Å². The van der Waals surface area contributed by atoms with Gasteiger partial charge in [0.2, 0.25) is 0 Å². The Morgan fingerprint density at radius 1 is 0.373 bits per heavy atom. The molecule has 0 aliphatic heterocycles. The number of aromatic nitrogens is 5. The average Bonchev–Trinajstić information content (AvgIpc) is 3.54. The molecule has 0 saturated carbocycles. The predicted octanol–water partition coefficient (Wildman–Crippen LogP) is 13.3. The van der Waals surface area contributed by atoms with Crippen LogP contribution in [0.3, 0.4) is 0 Å². The first kappa shape index (κ1) is 34.6. The molecule has 0 atom stereocenters. The lowest BCUT2D eigenvalue weighted by atomic mass is 9.82. The summed E-state index contributed by atoms with van der Waals surface area (Å²) >= 11 is 0. The minimum atomic E-state index is -0.126. The van der Waals surface area contributed by atoms with E-state index < -0.39 is 0 Å². The molecule has 0 unspecified atom stereocenters. The molecule has 1 aliphatic rings. The highest BCUT2D eigenvalue weighted by atomic mass is 14.9. The molecule has 278 valence electrons. The SMILES string of the molecule is CC1(C)c2ccccc2-c2ccc(-c3cc(-c4ccccn4)nc(-c4cccc(-c5ccc6ccc7c(-c8ccccc8)nc(-c8ccccc8)nc7c6c5)c4)n3)cc21. The van der Waals surface area contributed by atoms with E-state index >= 15 is 0 Å². The maximum atomic E-state index is 5.27. The van der Waals surface area contributed by atoms with Gasteiger partial charge < -0.3 is 0 Å². The summed E-state index contributed by atoms with van der Waals surface area (Å²) in [5.74, 6) is 1.35. The minimum absolute atomic E-state index is 0.126. The zero-order valence-electron chi connectivity index (χ0n) is 32.6. The van der Waals surface area contributed by atoms with E-state index in [1.54, 1.807) is 0 Å². The molecule has 5 heteroatoms. The molecule has 0 radical (unpaired) electrons. The van der Waals surface area contributed by atoms with Crippen LogP contribution in [0, 0.1) is 0 Å². The lowest BCUT2D eigenvalue weighted by molar-refractivity contribution is 0.660. The van der Waals surface area contributed by atoms with Gasteiger partial charge in [-0.05, 0) is 81.2 Å². The maximum Gasteiger partial charge on any atom is 0.160 e. The van der Waals surface area contributed by atoms with Gasteiger partial charge in [0.15, 0.2) is 11.6 Å². The quantitative estimate of drug-likeness (QED) is 0.158. The van der Waals surface area contributed by atoms with Crippen LogP contribution in [0.5, 0.6) is 0 Å². The van der Waals surface area contributed by atoms with E-state index in [4.69, 9.17) is 24.9 Å². The van der Waals surface area contributed by atoms with Crippen molar-refractivity contribution in [3.8, 4) is 78.9 Å². The van der Waals surface area contributed by atoms with E-state index in [0.717, 1.165) is 77.8 Å². The van der Waals surface area contributed by atoms with Gasteiger partial charge in [-0.1, -0.05) is 153 Å². The van der Waals surface area contributed by atoms with Crippen molar-refractivity contribution in [3.05, 3.63) is 199 Å². The molecule has 5 nitrogen and oxygen atoms in total. The summed E-state index contributed by atoms with van der Waals surface area (Å²) in [5.41, 5.74) is 15.5. The Hall–Kier alpha value is -7.63. The number of fused-ring (bicyclic) bond motifs is 6. The number of hydrogen-bond donors (Lipinski definition) is 0. The predicted molar refractivity (Wildman–Crippen MR) is 241 cm³/mol. The summed E-state index contributed by atoms with van der Waals surface area (Å²) in [6.45, 7) is 4.62. The van der Waals surface area contributed by atoms with Crippen LogP contribution in [-0.4, -0.2) is 24.9 Å². The van der Waals surface area contributed by atoms with E-state index in [-0.39, 0.29) is 5.41 Å². The lowest BCUT2D eigenvalue weighted by Crippen LogP contribution is -2.14. The molecule has 3 heterocycles. The number of nitrogens with zero attached hydrogens (tertiary/aromatic N) is 5. The molecular weight excluding hydrogens is 719 g/mol. The molecule has 0 bridgehead atoms. The van der Waals surface area contributed by atoms with Gasteiger partial charge in [-0.2, -0.15) is 0 Å². The largest absolute Gasteiger partial charge is 0.255 e. The third-order valence-electron chi connectivity index (χ3n) is 11.7. The van der Waals surface area contributed by atoms with E-state index in [9.17, 15) is 0 Å². The van der Waals surface area contributed by atoms with Gasteiger partial charge in [0, 0.05) is 44.6 Å². The average molecular weight is 756 g/mol. The monoisotopic (exact) mass is 755 g/mol. The molecule has 0 fully saturated rings. The lowest BCUT2D eigenvalue weighted by Gasteiger charge is -2.22. The normalized spacial score (nSPS) is 12.7. The van der Waals surface area contributed by atoms with Crippen LogP contribution < -0.4 is 0 Å². The first-order chi connectivity index (χ1) is 29.0. The Labute approximate surface area is 342 Å². The highest BCUT2D eigenvalue weighted by molar-refractivity contribution is 6.10. The Kier molecular flexibility index (Phi) is 8.09. The van der Waals surface area contributed by atoms with E-state index in [0.29, 0.717) is 11.6 Å². The zero-order valence-corrected chi connectivity index (χ0v) is 32.6.